The Balaban J connectivity index is 2.14. The molecule has 0 aromatic rings. The molecule has 0 aromatic heterocycles. The van der Waals surface area contributed by atoms with Crippen molar-refractivity contribution in [2.75, 3.05) is 6.54 Å². The van der Waals surface area contributed by atoms with Crippen LogP contribution in [0.3, 0.4) is 0 Å². The van der Waals surface area contributed by atoms with E-state index in [0.717, 1.165) is 18.4 Å². The molecule has 11 heavy (non-hydrogen) atoms. The first-order chi connectivity index (χ1) is 5.36. The van der Waals surface area contributed by atoms with E-state index in [0.29, 0.717) is 0 Å². The Morgan fingerprint density at radius 3 is 2.18 bits per heavy atom. The topological polar surface area (TPSA) is 38.0 Å². The first kappa shape index (κ1) is 9.01. The summed E-state index contributed by atoms with van der Waals surface area (Å²) in [6.07, 6.45) is 6.96. The summed E-state index contributed by atoms with van der Waals surface area (Å²) in [5.74, 6) is 7.13. The lowest BCUT2D eigenvalue weighted by Gasteiger charge is -2.27. The summed E-state index contributed by atoms with van der Waals surface area (Å²) < 4.78 is 0. The SMILES string of the molecule is CCC1CCC(CNN)CC1. The summed E-state index contributed by atoms with van der Waals surface area (Å²) in [6, 6.07) is 0. The van der Waals surface area contributed by atoms with Crippen molar-refractivity contribution in [1.82, 2.24) is 5.43 Å². The standard InChI is InChI=1S/C9H20N2/c1-2-8-3-5-9(6-4-8)7-11-10/h8-9,11H,2-7,10H2,1H3. The minimum Gasteiger partial charge on any atom is -0.271 e. The van der Waals surface area contributed by atoms with E-state index in [1.807, 2.05) is 0 Å². The first-order valence-electron chi connectivity index (χ1n) is 4.80. The molecule has 0 aliphatic heterocycles. The minimum absolute atomic E-state index is 0.850. The second-order valence-corrected chi connectivity index (χ2v) is 3.70. The van der Waals surface area contributed by atoms with Crippen molar-refractivity contribution in [3.8, 4) is 0 Å². The summed E-state index contributed by atoms with van der Waals surface area (Å²) >= 11 is 0. The molecule has 0 bridgehead atoms. The molecule has 0 amide bonds. The molecule has 0 aromatic carbocycles. The van der Waals surface area contributed by atoms with Gasteiger partial charge in [-0.05, 0) is 24.7 Å². The molecule has 0 radical (unpaired) electrons. The van der Waals surface area contributed by atoms with E-state index in [-0.39, 0.29) is 0 Å². The van der Waals surface area contributed by atoms with Gasteiger partial charge in [-0.25, -0.2) is 0 Å². The monoisotopic (exact) mass is 156 g/mol. The quantitative estimate of drug-likeness (QED) is 0.482. The van der Waals surface area contributed by atoms with Crippen LogP contribution in [0.1, 0.15) is 39.0 Å². The molecule has 1 aliphatic rings. The normalized spacial score (nSPS) is 32.2. The van der Waals surface area contributed by atoms with E-state index in [9.17, 15) is 0 Å². The average Bonchev–Trinajstić information content (AvgIpc) is 2.07. The Hall–Kier alpha value is -0.0800. The molecule has 3 N–H and O–H groups in total. The number of hydrogen-bond donors (Lipinski definition) is 2. The van der Waals surface area contributed by atoms with Gasteiger partial charge >= 0.3 is 0 Å². The van der Waals surface area contributed by atoms with E-state index in [1.54, 1.807) is 0 Å². The molecule has 0 unspecified atom stereocenters. The zero-order valence-electron chi connectivity index (χ0n) is 7.47. The zero-order valence-corrected chi connectivity index (χ0v) is 7.47. The summed E-state index contributed by atoms with van der Waals surface area (Å²) in [5.41, 5.74) is 2.77. The molecular weight excluding hydrogens is 136 g/mol. The third-order valence-corrected chi connectivity index (χ3v) is 2.95. The van der Waals surface area contributed by atoms with E-state index >= 15 is 0 Å². The number of hydrogen-bond acceptors (Lipinski definition) is 2. The average molecular weight is 156 g/mol. The first-order valence-corrected chi connectivity index (χ1v) is 4.80. The molecule has 0 heterocycles. The van der Waals surface area contributed by atoms with Crippen LogP contribution in [-0.2, 0) is 0 Å². The highest BCUT2D eigenvalue weighted by molar-refractivity contribution is 4.72. The van der Waals surface area contributed by atoms with Crippen molar-refractivity contribution in [2.24, 2.45) is 17.7 Å². The number of hydrazine groups is 1. The second-order valence-electron chi connectivity index (χ2n) is 3.70. The third kappa shape index (κ3) is 2.80. The lowest BCUT2D eigenvalue weighted by molar-refractivity contribution is 0.263. The number of nitrogens with two attached hydrogens (primary N) is 1. The molecule has 0 saturated heterocycles. The molecule has 0 spiro atoms. The highest BCUT2D eigenvalue weighted by Gasteiger charge is 2.18. The summed E-state index contributed by atoms with van der Waals surface area (Å²) in [6.45, 7) is 3.31. The third-order valence-electron chi connectivity index (χ3n) is 2.95. The van der Waals surface area contributed by atoms with Crippen LogP contribution < -0.4 is 11.3 Å². The van der Waals surface area contributed by atoms with E-state index < -0.39 is 0 Å². The van der Waals surface area contributed by atoms with Gasteiger partial charge in [-0.3, -0.25) is 11.3 Å². The van der Waals surface area contributed by atoms with Gasteiger partial charge < -0.3 is 0 Å². The van der Waals surface area contributed by atoms with Crippen LogP contribution in [0.2, 0.25) is 0 Å². The van der Waals surface area contributed by atoms with Crippen LogP contribution in [0, 0.1) is 11.8 Å². The Kier molecular flexibility index (Phi) is 3.87. The molecule has 1 rings (SSSR count). The maximum atomic E-state index is 5.28. The van der Waals surface area contributed by atoms with Crippen molar-refractivity contribution in [3.63, 3.8) is 0 Å². The predicted molar refractivity (Wildman–Crippen MR) is 47.9 cm³/mol. The molecule has 1 fully saturated rings. The molecule has 2 heteroatoms. The fourth-order valence-electron chi connectivity index (χ4n) is 2.01. The van der Waals surface area contributed by atoms with Crippen LogP contribution in [0.5, 0.6) is 0 Å². The van der Waals surface area contributed by atoms with Gasteiger partial charge in [0.25, 0.3) is 0 Å². The molecule has 1 saturated carbocycles. The van der Waals surface area contributed by atoms with Gasteiger partial charge in [0.2, 0.25) is 0 Å². The van der Waals surface area contributed by atoms with Crippen molar-refractivity contribution in [1.29, 1.82) is 0 Å². The van der Waals surface area contributed by atoms with Gasteiger partial charge in [0.05, 0.1) is 0 Å². The lowest BCUT2D eigenvalue weighted by atomic mass is 9.81. The lowest BCUT2D eigenvalue weighted by Crippen LogP contribution is -2.30. The van der Waals surface area contributed by atoms with Gasteiger partial charge in [-0.1, -0.05) is 26.2 Å². The highest BCUT2D eigenvalue weighted by atomic mass is 15.2. The smallest absolute Gasteiger partial charge is 0.0126 e. The Morgan fingerprint density at radius 2 is 1.73 bits per heavy atom. The van der Waals surface area contributed by atoms with E-state index in [2.05, 4.69) is 12.3 Å². The minimum atomic E-state index is 0.850. The Bertz CT molecular complexity index is 95.7. The van der Waals surface area contributed by atoms with Crippen molar-refractivity contribution in [2.45, 2.75) is 39.0 Å². The van der Waals surface area contributed by atoms with Crippen LogP contribution in [0.15, 0.2) is 0 Å². The molecule has 2 nitrogen and oxygen atoms in total. The summed E-state index contributed by atoms with van der Waals surface area (Å²) in [4.78, 5) is 0. The molecule has 66 valence electrons. The fourth-order valence-corrected chi connectivity index (χ4v) is 2.01. The van der Waals surface area contributed by atoms with Gasteiger partial charge in [-0.2, -0.15) is 0 Å². The Morgan fingerprint density at radius 1 is 1.18 bits per heavy atom. The molecule has 1 aliphatic carbocycles. The maximum Gasteiger partial charge on any atom is 0.0126 e. The van der Waals surface area contributed by atoms with Crippen LogP contribution in [-0.4, -0.2) is 6.54 Å². The Labute approximate surface area is 69.5 Å². The second kappa shape index (κ2) is 4.73. The van der Waals surface area contributed by atoms with E-state index in [1.165, 1.54) is 32.1 Å². The fraction of sp³-hybridized carbons (Fsp3) is 1.00. The number of rotatable bonds is 3. The summed E-state index contributed by atoms with van der Waals surface area (Å²) in [5, 5.41) is 0. The maximum absolute atomic E-state index is 5.28. The molecule has 0 atom stereocenters. The van der Waals surface area contributed by atoms with Crippen molar-refractivity contribution in [3.05, 3.63) is 0 Å². The molecular formula is C9H20N2. The van der Waals surface area contributed by atoms with Crippen LogP contribution in [0.4, 0.5) is 0 Å². The summed E-state index contributed by atoms with van der Waals surface area (Å²) in [7, 11) is 0. The van der Waals surface area contributed by atoms with Gasteiger partial charge in [0.15, 0.2) is 0 Å². The zero-order chi connectivity index (χ0) is 8.10. The number of nitrogens with one attached hydrogen (secondary N) is 1. The van der Waals surface area contributed by atoms with Gasteiger partial charge in [0, 0.05) is 6.54 Å². The predicted octanol–water partition coefficient (Wildman–Crippen LogP) is 1.67. The van der Waals surface area contributed by atoms with Gasteiger partial charge in [-0.15, -0.1) is 0 Å². The highest BCUT2D eigenvalue weighted by Crippen LogP contribution is 2.29. The largest absolute Gasteiger partial charge is 0.271 e. The van der Waals surface area contributed by atoms with Crippen molar-refractivity contribution >= 4 is 0 Å². The van der Waals surface area contributed by atoms with Crippen LogP contribution >= 0.6 is 0 Å². The van der Waals surface area contributed by atoms with E-state index in [4.69, 9.17) is 5.84 Å². The van der Waals surface area contributed by atoms with Crippen molar-refractivity contribution < 1.29 is 0 Å². The van der Waals surface area contributed by atoms with Crippen LogP contribution in [0.25, 0.3) is 0 Å². The van der Waals surface area contributed by atoms with Gasteiger partial charge in [0.1, 0.15) is 0 Å².